The summed E-state index contributed by atoms with van der Waals surface area (Å²) in [4.78, 5) is 21.1. The first-order valence-corrected chi connectivity index (χ1v) is 10.1. The van der Waals surface area contributed by atoms with E-state index >= 15 is 0 Å². The third kappa shape index (κ3) is 3.65. The summed E-state index contributed by atoms with van der Waals surface area (Å²) in [5.74, 6) is 0.316. The molecule has 1 aliphatic carbocycles. The van der Waals surface area contributed by atoms with Gasteiger partial charge in [-0.3, -0.25) is 4.79 Å². The molecule has 0 radical (unpaired) electrons. The van der Waals surface area contributed by atoms with Crippen LogP contribution in [0.1, 0.15) is 34.7 Å². The van der Waals surface area contributed by atoms with Gasteiger partial charge in [-0.05, 0) is 49.9 Å². The van der Waals surface area contributed by atoms with Crippen molar-refractivity contribution in [1.29, 1.82) is 0 Å². The lowest BCUT2D eigenvalue weighted by molar-refractivity contribution is -0.141. The molecular formula is C20H19F3N8O. The summed E-state index contributed by atoms with van der Waals surface area (Å²) >= 11 is 0. The van der Waals surface area contributed by atoms with E-state index in [4.69, 9.17) is 0 Å². The molecule has 3 atom stereocenters. The van der Waals surface area contributed by atoms with Crippen molar-refractivity contribution in [1.82, 2.24) is 35.1 Å². The second-order valence-electron chi connectivity index (χ2n) is 8.05. The molecule has 1 aliphatic heterocycles. The molecule has 3 aromatic rings. The Morgan fingerprint density at radius 1 is 1.09 bits per heavy atom. The normalized spacial score (nSPS) is 22.4. The molecule has 1 saturated carbocycles. The summed E-state index contributed by atoms with van der Waals surface area (Å²) < 4.78 is 38.2. The molecule has 0 spiro atoms. The number of aromatic nitrogens is 6. The van der Waals surface area contributed by atoms with Crippen molar-refractivity contribution in [2.75, 3.05) is 11.9 Å². The molecule has 3 unspecified atom stereocenters. The third-order valence-electron chi connectivity index (χ3n) is 5.88. The highest BCUT2D eigenvalue weighted by Gasteiger charge is 2.48. The van der Waals surface area contributed by atoms with Crippen molar-refractivity contribution in [3.8, 4) is 5.69 Å². The number of pyridine rings is 1. The fraction of sp³-hybridized carbons (Fsp3) is 0.400. The summed E-state index contributed by atoms with van der Waals surface area (Å²) in [6, 6.07) is 5.44. The number of fused-ring (bicyclic) bond motifs is 2. The summed E-state index contributed by atoms with van der Waals surface area (Å²) in [6.45, 7) is 2.41. The van der Waals surface area contributed by atoms with Crippen LogP contribution in [0.3, 0.4) is 0 Å². The standard InChI is InChI=1S/C20H19F3N8O/c1-11-2-3-14(31-24-6-7-25-31)18(26-11)19(32)30-10-12-8-13(15(30)9-12)27-17-5-4-16(28-29-17)20(21,22)23/h2-7,12-13,15H,8-10H2,1H3,(H,27,29). The van der Waals surface area contributed by atoms with Crippen LogP contribution in [0.4, 0.5) is 19.0 Å². The number of piperidine rings is 1. The highest BCUT2D eigenvalue weighted by molar-refractivity contribution is 5.96. The number of nitrogens with one attached hydrogen (secondary N) is 1. The van der Waals surface area contributed by atoms with E-state index in [9.17, 15) is 18.0 Å². The van der Waals surface area contributed by atoms with Gasteiger partial charge in [-0.1, -0.05) is 0 Å². The number of nitrogens with zero attached hydrogens (tertiary/aromatic N) is 7. The number of anilines is 1. The van der Waals surface area contributed by atoms with E-state index in [0.29, 0.717) is 23.8 Å². The van der Waals surface area contributed by atoms with E-state index in [1.54, 1.807) is 24.0 Å². The van der Waals surface area contributed by atoms with Crippen molar-refractivity contribution in [3.63, 3.8) is 0 Å². The number of halogens is 3. The van der Waals surface area contributed by atoms with Gasteiger partial charge < -0.3 is 10.2 Å². The van der Waals surface area contributed by atoms with Crippen LogP contribution in [-0.2, 0) is 6.18 Å². The van der Waals surface area contributed by atoms with Gasteiger partial charge >= 0.3 is 6.18 Å². The van der Waals surface area contributed by atoms with Crippen molar-refractivity contribution in [3.05, 3.63) is 53.7 Å². The molecule has 166 valence electrons. The highest BCUT2D eigenvalue weighted by Crippen LogP contribution is 2.40. The minimum absolute atomic E-state index is 0.127. The van der Waals surface area contributed by atoms with Gasteiger partial charge in [0.05, 0.1) is 18.4 Å². The zero-order chi connectivity index (χ0) is 22.5. The molecule has 0 aromatic carbocycles. The Balaban J connectivity index is 1.37. The van der Waals surface area contributed by atoms with Gasteiger partial charge in [0.2, 0.25) is 0 Å². The summed E-state index contributed by atoms with van der Waals surface area (Å²) in [6.07, 6.45) is 0.113. The zero-order valence-corrected chi connectivity index (χ0v) is 17.0. The van der Waals surface area contributed by atoms with Gasteiger partial charge in [-0.2, -0.15) is 23.4 Å². The molecule has 2 bridgehead atoms. The number of hydrogen-bond donors (Lipinski definition) is 1. The van der Waals surface area contributed by atoms with Crippen LogP contribution in [0.5, 0.6) is 0 Å². The second kappa shape index (κ2) is 7.53. The smallest absolute Gasteiger partial charge is 0.364 e. The topological polar surface area (TPSA) is 102 Å². The summed E-state index contributed by atoms with van der Waals surface area (Å²) in [5, 5.41) is 18.3. The number of hydrogen-bond acceptors (Lipinski definition) is 7. The van der Waals surface area contributed by atoms with E-state index in [1.807, 2.05) is 0 Å². The number of carbonyl (C=O) groups excluding carboxylic acids is 1. The number of aryl methyl sites for hydroxylation is 1. The molecule has 12 heteroatoms. The Bertz CT molecular complexity index is 1130. The molecular weight excluding hydrogens is 425 g/mol. The molecule has 3 aromatic heterocycles. The van der Waals surface area contributed by atoms with Crippen molar-refractivity contribution in [2.24, 2.45) is 5.92 Å². The average Bonchev–Trinajstić information content (AvgIpc) is 3.50. The van der Waals surface area contributed by atoms with E-state index in [2.05, 4.69) is 30.7 Å². The zero-order valence-electron chi connectivity index (χ0n) is 17.0. The van der Waals surface area contributed by atoms with Crippen LogP contribution in [0, 0.1) is 12.8 Å². The first kappa shape index (κ1) is 20.3. The second-order valence-corrected chi connectivity index (χ2v) is 8.05. The number of amides is 1. The van der Waals surface area contributed by atoms with Crippen LogP contribution in [0.15, 0.2) is 36.7 Å². The maximum Gasteiger partial charge on any atom is 0.435 e. The van der Waals surface area contributed by atoms with Gasteiger partial charge in [0.15, 0.2) is 11.4 Å². The first-order chi connectivity index (χ1) is 15.3. The molecule has 2 aliphatic rings. The summed E-state index contributed by atoms with van der Waals surface area (Å²) in [5.41, 5.74) is 0.412. The van der Waals surface area contributed by atoms with E-state index in [0.717, 1.165) is 18.9 Å². The lowest BCUT2D eigenvalue weighted by Crippen LogP contribution is -2.48. The van der Waals surface area contributed by atoms with Crippen LogP contribution >= 0.6 is 0 Å². The number of likely N-dealkylation sites (tertiary alicyclic amines) is 1. The highest BCUT2D eigenvalue weighted by atomic mass is 19.4. The van der Waals surface area contributed by atoms with Crippen LogP contribution < -0.4 is 5.32 Å². The summed E-state index contributed by atoms with van der Waals surface area (Å²) in [7, 11) is 0. The average molecular weight is 444 g/mol. The minimum atomic E-state index is -4.54. The van der Waals surface area contributed by atoms with Crippen LogP contribution in [0.25, 0.3) is 5.69 Å². The molecule has 1 amide bonds. The Hall–Kier alpha value is -3.57. The van der Waals surface area contributed by atoms with Crippen LogP contribution in [-0.4, -0.2) is 59.6 Å². The van der Waals surface area contributed by atoms with Crippen LogP contribution in [0.2, 0.25) is 0 Å². The largest absolute Gasteiger partial charge is 0.435 e. The molecule has 2 fully saturated rings. The third-order valence-corrected chi connectivity index (χ3v) is 5.88. The van der Waals surface area contributed by atoms with E-state index < -0.39 is 11.9 Å². The Morgan fingerprint density at radius 3 is 2.53 bits per heavy atom. The SMILES string of the molecule is Cc1ccc(-n2nccn2)c(C(=O)N2CC3CC(Nc4ccc(C(F)(F)F)nn4)C2C3)n1. The Kier molecular flexibility index (Phi) is 4.79. The van der Waals surface area contributed by atoms with E-state index in [1.165, 1.54) is 23.3 Å². The predicted octanol–water partition coefficient (Wildman–Crippen LogP) is 2.49. The fourth-order valence-corrected chi connectivity index (χ4v) is 4.51. The van der Waals surface area contributed by atoms with Gasteiger partial charge in [0.25, 0.3) is 5.91 Å². The molecule has 4 heterocycles. The lowest BCUT2D eigenvalue weighted by atomic mass is 10.0. The first-order valence-electron chi connectivity index (χ1n) is 10.1. The maximum absolute atomic E-state index is 13.5. The fourth-order valence-electron chi connectivity index (χ4n) is 4.51. The number of carbonyl (C=O) groups is 1. The molecule has 1 N–H and O–H groups in total. The minimum Gasteiger partial charge on any atom is -0.364 e. The molecule has 1 saturated heterocycles. The lowest BCUT2D eigenvalue weighted by Gasteiger charge is -2.34. The van der Waals surface area contributed by atoms with Crippen molar-refractivity contribution < 1.29 is 18.0 Å². The predicted molar refractivity (Wildman–Crippen MR) is 106 cm³/mol. The monoisotopic (exact) mass is 444 g/mol. The number of rotatable bonds is 4. The molecule has 5 rings (SSSR count). The number of alkyl halides is 3. The van der Waals surface area contributed by atoms with Gasteiger partial charge in [0.1, 0.15) is 11.5 Å². The maximum atomic E-state index is 13.5. The quantitative estimate of drug-likeness (QED) is 0.660. The Labute approximate surface area is 180 Å². The Morgan fingerprint density at radius 2 is 1.88 bits per heavy atom. The van der Waals surface area contributed by atoms with Gasteiger partial charge in [0, 0.05) is 18.3 Å². The molecule has 32 heavy (non-hydrogen) atoms. The van der Waals surface area contributed by atoms with Crippen molar-refractivity contribution in [2.45, 2.75) is 38.0 Å². The van der Waals surface area contributed by atoms with Gasteiger partial charge in [-0.25, -0.2) is 4.98 Å². The van der Waals surface area contributed by atoms with Crippen molar-refractivity contribution >= 4 is 11.7 Å². The molecule has 9 nitrogen and oxygen atoms in total. The van der Waals surface area contributed by atoms with Gasteiger partial charge in [-0.15, -0.1) is 15.0 Å². The van der Waals surface area contributed by atoms with E-state index in [-0.39, 0.29) is 29.5 Å².